The van der Waals surface area contributed by atoms with Gasteiger partial charge in [-0.3, -0.25) is 4.90 Å². The van der Waals surface area contributed by atoms with Crippen molar-refractivity contribution < 1.29 is 19.4 Å². The lowest BCUT2D eigenvalue weighted by Gasteiger charge is -2.39. The molecule has 0 amide bonds. The number of ether oxygens (including phenoxy) is 2. The first-order chi connectivity index (χ1) is 15.8. The van der Waals surface area contributed by atoms with Gasteiger partial charge in [0.25, 0.3) is 0 Å². The second kappa shape index (κ2) is 10.0. The number of nitrogens with zero attached hydrogens (tertiary/aromatic N) is 1. The molecule has 1 fully saturated rings. The van der Waals surface area contributed by atoms with Gasteiger partial charge in [-0.1, -0.05) is 56.7 Å². The molecule has 2 aromatic carbocycles. The van der Waals surface area contributed by atoms with Crippen LogP contribution < -0.4 is 4.74 Å². The van der Waals surface area contributed by atoms with Crippen LogP contribution in [0.5, 0.6) is 5.75 Å². The molecule has 1 atom stereocenters. The summed E-state index contributed by atoms with van der Waals surface area (Å²) in [4.78, 5) is 12.9. The highest BCUT2D eigenvalue weighted by Crippen LogP contribution is 2.34. The van der Waals surface area contributed by atoms with Crippen LogP contribution >= 0.6 is 0 Å². The minimum Gasteiger partial charge on any atom is -0.493 e. The molecule has 0 spiro atoms. The van der Waals surface area contributed by atoms with Gasteiger partial charge < -0.3 is 14.6 Å². The number of benzene rings is 2. The fraction of sp³-hybridized carbons (Fsp3) is 0.464. The third-order valence-corrected chi connectivity index (χ3v) is 6.98. The number of hydrogen-bond donors (Lipinski definition) is 1. The molecule has 0 radical (unpaired) electrons. The van der Waals surface area contributed by atoms with E-state index >= 15 is 0 Å². The first-order valence-corrected chi connectivity index (χ1v) is 12.0. The maximum absolute atomic E-state index is 10.6. The highest BCUT2D eigenvalue weighted by molar-refractivity contribution is 5.72. The molecule has 0 aromatic heterocycles. The number of allylic oxidation sites excluding steroid dienone is 1. The van der Waals surface area contributed by atoms with E-state index in [0.29, 0.717) is 31.5 Å². The van der Waals surface area contributed by atoms with Gasteiger partial charge in [-0.25, -0.2) is 4.79 Å². The lowest BCUT2D eigenvalue weighted by Crippen LogP contribution is -2.53. The predicted octanol–water partition coefficient (Wildman–Crippen LogP) is 6.09. The topological polar surface area (TPSA) is 59.0 Å². The van der Waals surface area contributed by atoms with Crippen molar-refractivity contribution in [1.29, 1.82) is 0 Å². The number of hydrogen-bond acceptors (Lipinski definition) is 4. The number of likely N-dealkylation sites (tertiary alicyclic amines) is 1. The van der Waals surface area contributed by atoms with Crippen molar-refractivity contribution in [3.05, 3.63) is 70.3 Å². The number of aryl methyl sites for hydroxylation is 1. The largest absolute Gasteiger partial charge is 0.506 e. The van der Waals surface area contributed by atoms with Gasteiger partial charge in [-0.05, 0) is 65.6 Å². The average molecular weight is 450 g/mol. The van der Waals surface area contributed by atoms with E-state index in [0.717, 1.165) is 25.1 Å². The van der Waals surface area contributed by atoms with E-state index in [1.807, 2.05) is 0 Å². The number of rotatable bonds is 8. The molecule has 1 saturated heterocycles. The Labute approximate surface area is 197 Å². The van der Waals surface area contributed by atoms with Crippen LogP contribution in [0.3, 0.4) is 0 Å². The van der Waals surface area contributed by atoms with Gasteiger partial charge >= 0.3 is 6.16 Å². The van der Waals surface area contributed by atoms with Crippen molar-refractivity contribution in [3.8, 4) is 5.75 Å². The van der Waals surface area contributed by atoms with Crippen LogP contribution in [-0.2, 0) is 11.2 Å². The van der Waals surface area contributed by atoms with Crippen molar-refractivity contribution in [2.24, 2.45) is 0 Å². The third-order valence-electron chi connectivity index (χ3n) is 6.98. The van der Waals surface area contributed by atoms with E-state index in [-0.39, 0.29) is 6.10 Å². The molecular weight excluding hydrogens is 414 g/mol. The number of fused-ring (bicyclic) bond motifs is 1. The molecule has 5 heteroatoms. The molecule has 0 bridgehead atoms. The molecule has 176 valence electrons. The van der Waals surface area contributed by atoms with Gasteiger partial charge in [-0.2, -0.15) is 0 Å². The molecule has 4 rings (SSSR count). The highest BCUT2D eigenvalue weighted by atomic mass is 16.7. The van der Waals surface area contributed by atoms with E-state index in [2.05, 4.69) is 75.1 Å². The lowest BCUT2D eigenvalue weighted by atomic mass is 9.85. The summed E-state index contributed by atoms with van der Waals surface area (Å²) in [5, 5.41) is 8.72. The molecule has 1 aliphatic heterocycles. The van der Waals surface area contributed by atoms with Crippen molar-refractivity contribution in [2.45, 2.75) is 58.5 Å². The van der Waals surface area contributed by atoms with Crippen LogP contribution in [0.25, 0.3) is 5.57 Å². The second-order valence-corrected chi connectivity index (χ2v) is 9.78. The Hall–Kier alpha value is -2.79. The zero-order chi connectivity index (χ0) is 23.5. The first kappa shape index (κ1) is 23.4. The van der Waals surface area contributed by atoms with E-state index < -0.39 is 6.16 Å². The lowest BCUT2D eigenvalue weighted by molar-refractivity contribution is -0.0292. The molecule has 33 heavy (non-hydrogen) atoms. The first-order valence-electron chi connectivity index (χ1n) is 12.0. The Morgan fingerprint density at radius 3 is 2.42 bits per heavy atom. The Morgan fingerprint density at radius 2 is 1.76 bits per heavy atom. The number of carboxylic acid groups (broad SMARTS) is 1. The Morgan fingerprint density at radius 1 is 1.06 bits per heavy atom. The second-order valence-electron chi connectivity index (χ2n) is 9.78. The molecule has 0 saturated carbocycles. The zero-order valence-electron chi connectivity index (χ0n) is 20.1. The summed E-state index contributed by atoms with van der Waals surface area (Å²) in [7, 11) is 0. The summed E-state index contributed by atoms with van der Waals surface area (Å²) in [6, 6.07) is 15.4. The van der Waals surface area contributed by atoms with Gasteiger partial charge in [0.1, 0.15) is 11.9 Å². The zero-order valence-corrected chi connectivity index (χ0v) is 20.1. The van der Waals surface area contributed by atoms with Crippen molar-refractivity contribution in [1.82, 2.24) is 4.90 Å². The Bertz CT molecular complexity index is 1020. The summed E-state index contributed by atoms with van der Waals surface area (Å²) in [5.41, 5.74) is 8.10. The molecule has 2 aromatic rings. The standard InChI is InChI=1S/C28H35NO4/c1-18(2)21-5-7-22(8-6-21)19(3)17-32-25-11-12-27-20(4)24(10-9-23(27)13-25)14-29-15-26(16-29)33-28(30)31/h5-8,11-13,18-19,26H,9-10,14-17H2,1-4H3,(H,30,31). The third kappa shape index (κ3) is 5.59. The predicted molar refractivity (Wildman–Crippen MR) is 131 cm³/mol. The Kier molecular flexibility index (Phi) is 7.08. The Balaban J connectivity index is 1.34. The maximum Gasteiger partial charge on any atom is 0.506 e. The minimum atomic E-state index is -1.18. The van der Waals surface area contributed by atoms with Gasteiger partial charge in [0, 0.05) is 25.6 Å². The summed E-state index contributed by atoms with van der Waals surface area (Å²) in [5.74, 6) is 1.82. The summed E-state index contributed by atoms with van der Waals surface area (Å²) >= 11 is 0. The molecule has 2 aliphatic rings. The van der Waals surface area contributed by atoms with Gasteiger partial charge in [0.05, 0.1) is 6.61 Å². The highest BCUT2D eigenvalue weighted by Gasteiger charge is 2.31. The minimum absolute atomic E-state index is 0.186. The van der Waals surface area contributed by atoms with Crippen LogP contribution in [0, 0.1) is 0 Å². The summed E-state index contributed by atoms with van der Waals surface area (Å²) in [6.07, 6.45) is 0.670. The van der Waals surface area contributed by atoms with Crippen molar-refractivity contribution in [3.63, 3.8) is 0 Å². The molecular formula is C28H35NO4. The van der Waals surface area contributed by atoms with Crippen LogP contribution in [0.1, 0.15) is 68.2 Å². The molecule has 1 heterocycles. The smallest absolute Gasteiger partial charge is 0.493 e. The van der Waals surface area contributed by atoms with Gasteiger partial charge in [0.2, 0.25) is 0 Å². The normalized spacial score (nSPS) is 17.5. The van der Waals surface area contributed by atoms with Crippen molar-refractivity contribution in [2.75, 3.05) is 26.2 Å². The van der Waals surface area contributed by atoms with Crippen LogP contribution in [0.2, 0.25) is 0 Å². The fourth-order valence-corrected chi connectivity index (χ4v) is 4.76. The van der Waals surface area contributed by atoms with E-state index in [1.165, 1.54) is 33.4 Å². The van der Waals surface area contributed by atoms with Gasteiger partial charge in [-0.15, -0.1) is 0 Å². The monoisotopic (exact) mass is 449 g/mol. The van der Waals surface area contributed by atoms with Crippen molar-refractivity contribution >= 4 is 11.7 Å². The quantitative estimate of drug-likeness (QED) is 0.494. The van der Waals surface area contributed by atoms with Gasteiger partial charge in [0.15, 0.2) is 0 Å². The average Bonchev–Trinajstić information content (AvgIpc) is 2.77. The van der Waals surface area contributed by atoms with Crippen LogP contribution in [0.15, 0.2) is 48.0 Å². The van der Waals surface area contributed by atoms with E-state index in [1.54, 1.807) is 0 Å². The molecule has 1 aliphatic carbocycles. The molecule has 5 nitrogen and oxygen atoms in total. The van der Waals surface area contributed by atoms with Crippen LogP contribution in [0.4, 0.5) is 4.79 Å². The molecule has 1 N–H and O–H groups in total. The summed E-state index contributed by atoms with van der Waals surface area (Å²) in [6.45, 7) is 11.8. The summed E-state index contributed by atoms with van der Waals surface area (Å²) < 4.78 is 11.0. The van der Waals surface area contributed by atoms with Crippen LogP contribution in [-0.4, -0.2) is 48.5 Å². The SMILES string of the molecule is CC1=C(CN2CC(OC(=O)O)C2)CCc2cc(OCC(C)c3ccc(C(C)C)cc3)ccc21. The molecule has 1 unspecified atom stereocenters. The number of carbonyl (C=O) groups is 1. The fourth-order valence-electron chi connectivity index (χ4n) is 4.76. The van der Waals surface area contributed by atoms with E-state index in [9.17, 15) is 4.79 Å². The van der Waals surface area contributed by atoms with E-state index in [4.69, 9.17) is 14.6 Å². The maximum atomic E-state index is 10.6.